The van der Waals surface area contributed by atoms with Crippen molar-refractivity contribution in [2.45, 2.75) is 24.3 Å². The SMILES string of the molecule is O=C(O)CNC(=O)CCCCSc1ncnc2nc[nH]c12. The number of carboxylic acids is 1. The average Bonchev–Trinajstić information content (AvgIpc) is 2.94. The summed E-state index contributed by atoms with van der Waals surface area (Å²) in [5.41, 5.74) is 1.46. The molecule has 0 aliphatic rings. The maximum Gasteiger partial charge on any atom is 0.322 e. The largest absolute Gasteiger partial charge is 0.480 e. The Hall–Kier alpha value is -2.16. The molecule has 0 bridgehead atoms. The zero-order valence-corrected chi connectivity index (χ0v) is 12.0. The molecule has 112 valence electrons. The van der Waals surface area contributed by atoms with E-state index in [1.54, 1.807) is 18.1 Å². The molecule has 3 N–H and O–H groups in total. The van der Waals surface area contributed by atoms with Crippen LogP contribution in [0.4, 0.5) is 0 Å². The number of nitrogens with zero attached hydrogens (tertiary/aromatic N) is 3. The number of nitrogens with one attached hydrogen (secondary N) is 2. The van der Waals surface area contributed by atoms with Gasteiger partial charge in [-0.05, 0) is 18.6 Å². The molecule has 1 amide bonds. The Kier molecular flexibility index (Phi) is 5.50. The number of aliphatic carboxylic acids is 1. The van der Waals surface area contributed by atoms with Gasteiger partial charge in [-0.25, -0.2) is 15.0 Å². The Bertz CT molecular complexity index is 630. The number of unbranched alkanes of at least 4 members (excludes halogenated alkanes) is 1. The monoisotopic (exact) mass is 309 g/mol. The normalized spacial score (nSPS) is 10.7. The highest BCUT2D eigenvalue weighted by molar-refractivity contribution is 7.99. The lowest BCUT2D eigenvalue weighted by Crippen LogP contribution is -2.28. The van der Waals surface area contributed by atoms with E-state index >= 15 is 0 Å². The summed E-state index contributed by atoms with van der Waals surface area (Å²) in [5.74, 6) is -0.455. The van der Waals surface area contributed by atoms with E-state index in [4.69, 9.17) is 5.11 Å². The van der Waals surface area contributed by atoms with Crippen LogP contribution in [-0.2, 0) is 9.59 Å². The van der Waals surface area contributed by atoms with Gasteiger partial charge in [0.25, 0.3) is 0 Å². The number of H-pyrrole nitrogens is 1. The summed E-state index contributed by atoms with van der Waals surface area (Å²) in [4.78, 5) is 36.9. The van der Waals surface area contributed by atoms with E-state index < -0.39 is 5.97 Å². The number of fused-ring (bicyclic) bond motifs is 1. The van der Waals surface area contributed by atoms with Crippen molar-refractivity contribution in [1.82, 2.24) is 25.3 Å². The predicted octanol–water partition coefficient (Wildman–Crippen LogP) is 0.816. The first kappa shape index (κ1) is 15.2. The molecule has 2 heterocycles. The number of aromatic amines is 1. The highest BCUT2D eigenvalue weighted by atomic mass is 32.2. The molecule has 0 aliphatic carbocycles. The Labute approximate surface area is 124 Å². The third-order valence-electron chi connectivity index (χ3n) is 2.66. The summed E-state index contributed by atoms with van der Waals surface area (Å²) < 4.78 is 0. The fourth-order valence-corrected chi connectivity index (χ4v) is 2.63. The van der Waals surface area contributed by atoms with Gasteiger partial charge in [-0.2, -0.15) is 0 Å². The number of thioether (sulfide) groups is 1. The van der Waals surface area contributed by atoms with E-state index in [0.717, 1.165) is 22.7 Å². The van der Waals surface area contributed by atoms with Crippen LogP contribution in [-0.4, -0.2) is 49.2 Å². The zero-order chi connectivity index (χ0) is 15.1. The van der Waals surface area contributed by atoms with Gasteiger partial charge < -0.3 is 15.4 Å². The Morgan fingerprint density at radius 1 is 1.29 bits per heavy atom. The smallest absolute Gasteiger partial charge is 0.322 e. The standard InChI is InChI=1S/C12H15N5O3S/c18-8(13-5-9(19)20)3-1-2-4-21-12-10-11(15-6-14-10)16-7-17-12/h6-7H,1-5H2,(H,13,18)(H,19,20)(H,14,15,16,17). The molecular weight excluding hydrogens is 294 g/mol. The molecule has 2 aromatic rings. The minimum Gasteiger partial charge on any atom is -0.480 e. The van der Waals surface area contributed by atoms with Gasteiger partial charge in [0.2, 0.25) is 5.91 Å². The second kappa shape index (κ2) is 7.58. The van der Waals surface area contributed by atoms with Crippen molar-refractivity contribution >= 4 is 34.8 Å². The summed E-state index contributed by atoms with van der Waals surface area (Å²) in [6, 6.07) is 0. The summed E-state index contributed by atoms with van der Waals surface area (Å²) in [6.07, 6.45) is 4.93. The molecule has 0 radical (unpaired) electrons. The van der Waals surface area contributed by atoms with E-state index in [9.17, 15) is 9.59 Å². The molecule has 0 atom stereocenters. The third kappa shape index (κ3) is 4.71. The second-order valence-electron chi connectivity index (χ2n) is 4.26. The van der Waals surface area contributed by atoms with Gasteiger partial charge in [-0.15, -0.1) is 11.8 Å². The second-order valence-corrected chi connectivity index (χ2v) is 5.34. The van der Waals surface area contributed by atoms with Gasteiger partial charge in [-0.1, -0.05) is 0 Å². The Morgan fingerprint density at radius 3 is 2.95 bits per heavy atom. The zero-order valence-electron chi connectivity index (χ0n) is 11.2. The van der Waals surface area contributed by atoms with Crippen molar-refractivity contribution in [2.75, 3.05) is 12.3 Å². The van der Waals surface area contributed by atoms with Crippen molar-refractivity contribution in [1.29, 1.82) is 0 Å². The van der Waals surface area contributed by atoms with E-state index in [2.05, 4.69) is 25.3 Å². The Balaban J connectivity index is 1.67. The first-order valence-electron chi connectivity index (χ1n) is 6.42. The first-order chi connectivity index (χ1) is 10.2. The number of hydrogen-bond donors (Lipinski definition) is 3. The predicted molar refractivity (Wildman–Crippen MR) is 76.9 cm³/mol. The fraction of sp³-hybridized carbons (Fsp3) is 0.417. The number of carboxylic acid groups (broad SMARTS) is 1. The highest BCUT2D eigenvalue weighted by Crippen LogP contribution is 2.22. The molecule has 0 spiro atoms. The Morgan fingerprint density at radius 2 is 2.14 bits per heavy atom. The van der Waals surface area contributed by atoms with Crippen LogP contribution in [0.2, 0.25) is 0 Å². The number of imidazole rings is 1. The maximum atomic E-state index is 11.3. The number of carbonyl (C=O) groups excluding carboxylic acids is 1. The lowest BCUT2D eigenvalue weighted by molar-refractivity contribution is -0.137. The molecule has 0 aromatic carbocycles. The van der Waals surface area contributed by atoms with Gasteiger partial charge in [0.05, 0.1) is 6.33 Å². The summed E-state index contributed by atoms with van der Waals surface area (Å²) in [5, 5.41) is 11.6. The van der Waals surface area contributed by atoms with E-state index in [-0.39, 0.29) is 12.5 Å². The van der Waals surface area contributed by atoms with Crippen LogP contribution >= 0.6 is 11.8 Å². The molecule has 0 saturated carbocycles. The molecule has 2 rings (SSSR count). The molecule has 8 nitrogen and oxygen atoms in total. The molecule has 0 fully saturated rings. The number of aromatic nitrogens is 4. The van der Waals surface area contributed by atoms with Crippen LogP contribution in [0, 0.1) is 0 Å². The molecular formula is C12H15N5O3S. The van der Waals surface area contributed by atoms with Crippen LogP contribution in [0.5, 0.6) is 0 Å². The summed E-state index contributed by atoms with van der Waals surface area (Å²) in [7, 11) is 0. The minimum absolute atomic E-state index is 0.236. The molecule has 2 aromatic heterocycles. The van der Waals surface area contributed by atoms with Crippen LogP contribution in [0.3, 0.4) is 0 Å². The van der Waals surface area contributed by atoms with Gasteiger partial charge in [0.1, 0.15) is 23.4 Å². The number of rotatable bonds is 8. The first-order valence-corrected chi connectivity index (χ1v) is 7.41. The summed E-state index contributed by atoms with van der Waals surface area (Å²) in [6.45, 7) is -0.327. The quantitative estimate of drug-likeness (QED) is 0.375. The number of carbonyl (C=O) groups is 2. The van der Waals surface area contributed by atoms with E-state index in [1.807, 2.05) is 0 Å². The fourth-order valence-electron chi connectivity index (χ4n) is 1.67. The van der Waals surface area contributed by atoms with Crippen molar-refractivity contribution in [3.05, 3.63) is 12.7 Å². The van der Waals surface area contributed by atoms with Gasteiger partial charge in [-0.3, -0.25) is 9.59 Å². The van der Waals surface area contributed by atoms with E-state index in [0.29, 0.717) is 18.5 Å². The molecule has 9 heteroatoms. The topological polar surface area (TPSA) is 121 Å². The summed E-state index contributed by atoms with van der Waals surface area (Å²) >= 11 is 1.58. The third-order valence-corrected chi connectivity index (χ3v) is 3.74. The lowest BCUT2D eigenvalue weighted by Gasteiger charge is -2.03. The van der Waals surface area contributed by atoms with Crippen molar-refractivity contribution in [2.24, 2.45) is 0 Å². The number of amides is 1. The van der Waals surface area contributed by atoms with Crippen LogP contribution in [0.1, 0.15) is 19.3 Å². The van der Waals surface area contributed by atoms with E-state index in [1.165, 1.54) is 6.33 Å². The van der Waals surface area contributed by atoms with Crippen molar-refractivity contribution in [3.8, 4) is 0 Å². The van der Waals surface area contributed by atoms with Crippen LogP contribution < -0.4 is 5.32 Å². The van der Waals surface area contributed by atoms with Crippen molar-refractivity contribution < 1.29 is 14.7 Å². The minimum atomic E-state index is -1.04. The molecule has 0 aliphatic heterocycles. The van der Waals surface area contributed by atoms with Crippen LogP contribution in [0.15, 0.2) is 17.7 Å². The lowest BCUT2D eigenvalue weighted by atomic mass is 10.2. The molecule has 0 unspecified atom stereocenters. The average molecular weight is 309 g/mol. The van der Waals surface area contributed by atoms with Gasteiger partial charge in [0, 0.05) is 6.42 Å². The van der Waals surface area contributed by atoms with Crippen LogP contribution in [0.25, 0.3) is 11.2 Å². The maximum absolute atomic E-state index is 11.3. The van der Waals surface area contributed by atoms with Gasteiger partial charge in [0.15, 0.2) is 5.65 Å². The number of hydrogen-bond acceptors (Lipinski definition) is 6. The molecule has 0 saturated heterocycles. The van der Waals surface area contributed by atoms with Crippen molar-refractivity contribution in [3.63, 3.8) is 0 Å². The highest BCUT2D eigenvalue weighted by Gasteiger charge is 2.07. The van der Waals surface area contributed by atoms with Gasteiger partial charge >= 0.3 is 5.97 Å². The molecule has 21 heavy (non-hydrogen) atoms.